The van der Waals surface area contributed by atoms with Gasteiger partial charge >= 0.3 is 0 Å². The van der Waals surface area contributed by atoms with Crippen molar-refractivity contribution < 1.29 is 0 Å². The molecule has 1 saturated heterocycles. The zero-order valence-corrected chi connectivity index (χ0v) is 12.6. The van der Waals surface area contributed by atoms with E-state index in [0.717, 1.165) is 30.2 Å². The van der Waals surface area contributed by atoms with Crippen LogP contribution in [-0.4, -0.2) is 35.1 Å². The third kappa shape index (κ3) is 2.66. The van der Waals surface area contributed by atoms with Gasteiger partial charge in [0.1, 0.15) is 0 Å². The minimum atomic E-state index is 0.572. The van der Waals surface area contributed by atoms with Crippen LogP contribution in [0.2, 0.25) is 0 Å². The van der Waals surface area contributed by atoms with Crippen molar-refractivity contribution in [3.8, 4) is 0 Å². The maximum atomic E-state index is 4.52. The molecule has 1 aromatic heterocycles. The summed E-state index contributed by atoms with van der Waals surface area (Å²) >= 11 is 1.79. The molecule has 3 nitrogen and oxygen atoms in total. The van der Waals surface area contributed by atoms with E-state index < -0.39 is 0 Å². The van der Waals surface area contributed by atoms with Crippen LogP contribution < -0.4 is 5.32 Å². The second-order valence-electron chi connectivity index (χ2n) is 5.49. The highest BCUT2D eigenvalue weighted by Gasteiger charge is 2.24. The number of aryl methyl sites for hydroxylation is 1. The van der Waals surface area contributed by atoms with E-state index in [1.54, 1.807) is 11.3 Å². The maximum absolute atomic E-state index is 4.52. The molecule has 19 heavy (non-hydrogen) atoms. The lowest BCUT2D eigenvalue weighted by atomic mass is 10.1. The number of hydrogen-bond acceptors (Lipinski definition) is 4. The topological polar surface area (TPSA) is 28.2 Å². The molecule has 2 unspecified atom stereocenters. The Morgan fingerprint density at radius 1 is 1.42 bits per heavy atom. The number of thiazole rings is 1. The molecule has 0 aliphatic carbocycles. The Morgan fingerprint density at radius 3 is 3.11 bits per heavy atom. The van der Waals surface area contributed by atoms with E-state index in [9.17, 15) is 0 Å². The lowest BCUT2D eigenvalue weighted by Crippen LogP contribution is -2.54. The third-order valence-corrected chi connectivity index (χ3v) is 5.04. The molecule has 0 amide bonds. The van der Waals surface area contributed by atoms with E-state index >= 15 is 0 Å². The van der Waals surface area contributed by atoms with Gasteiger partial charge in [0.15, 0.2) is 0 Å². The average molecular weight is 275 g/mol. The van der Waals surface area contributed by atoms with E-state index in [2.05, 4.69) is 54.2 Å². The SMILES string of the molecule is Cc1nc2ccc(CN3CCNC(C)C3C)cc2s1. The number of aromatic nitrogens is 1. The minimum Gasteiger partial charge on any atom is -0.311 e. The summed E-state index contributed by atoms with van der Waals surface area (Å²) in [5, 5.41) is 4.68. The molecule has 102 valence electrons. The number of nitrogens with zero attached hydrogens (tertiary/aromatic N) is 2. The van der Waals surface area contributed by atoms with E-state index in [-0.39, 0.29) is 0 Å². The Labute approximate surface area is 118 Å². The lowest BCUT2D eigenvalue weighted by Gasteiger charge is -2.38. The summed E-state index contributed by atoms with van der Waals surface area (Å²) < 4.78 is 1.31. The first-order chi connectivity index (χ1) is 9.13. The van der Waals surface area contributed by atoms with E-state index in [0.29, 0.717) is 12.1 Å². The summed E-state index contributed by atoms with van der Waals surface area (Å²) in [6.45, 7) is 9.92. The van der Waals surface area contributed by atoms with Crippen molar-refractivity contribution in [3.05, 3.63) is 28.8 Å². The molecule has 4 heteroatoms. The van der Waals surface area contributed by atoms with Gasteiger partial charge in [-0.05, 0) is 38.5 Å². The van der Waals surface area contributed by atoms with Crippen molar-refractivity contribution in [1.29, 1.82) is 0 Å². The van der Waals surface area contributed by atoms with Gasteiger partial charge in [-0.25, -0.2) is 4.98 Å². The quantitative estimate of drug-likeness (QED) is 0.913. The van der Waals surface area contributed by atoms with Crippen molar-refractivity contribution in [3.63, 3.8) is 0 Å². The zero-order valence-electron chi connectivity index (χ0n) is 11.8. The molecular formula is C15H21N3S. The number of benzene rings is 1. The Balaban J connectivity index is 1.80. The van der Waals surface area contributed by atoms with Crippen molar-refractivity contribution in [2.45, 2.75) is 39.4 Å². The van der Waals surface area contributed by atoms with Gasteiger partial charge in [-0.1, -0.05) is 6.07 Å². The predicted molar refractivity (Wildman–Crippen MR) is 81.7 cm³/mol. The molecule has 0 bridgehead atoms. The van der Waals surface area contributed by atoms with E-state index in [4.69, 9.17) is 0 Å². The normalized spacial score (nSPS) is 25.0. The summed E-state index contributed by atoms with van der Waals surface area (Å²) in [7, 11) is 0. The van der Waals surface area contributed by atoms with Gasteiger partial charge in [0.05, 0.1) is 15.2 Å². The van der Waals surface area contributed by atoms with Gasteiger partial charge in [0, 0.05) is 31.7 Å². The molecule has 1 aromatic carbocycles. The first kappa shape index (κ1) is 13.0. The van der Waals surface area contributed by atoms with Crippen LogP contribution in [0.25, 0.3) is 10.2 Å². The van der Waals surface area contributed by atoms with Crippen molar-refractivity contribution in [2.24, 2.45) is 0 Å². The summed E-state index contributed by atoms with van der Waals surface area (Å²) in [4.78, 5) is 7.09. The number of rotatable bonds is 2. The van der Waals surface area contributed by atoms with E-state index in [1.807, 2.05) is 0 Å². The monoisotopic (exact) mass is 275 g/mol. The molecule has 0 saturated carbocycles. The smallest absolute Gasteiger partial charge is 0.0907 e. The Morgan fingerprint density at radius 2 is 2.26 bits per heavy atom. The van der Waals surface area contributed by atoms with Gasteiger partial charge in [0.25, 0.3) is 0 Å². The molecule has 2 heterocycles. The third-order valence-electron chi connectivity index (χ3n) is 4.11. The highest BCUT2D eigenvalue weighted by molar-refractivity contribution is 7.18. The van der Waals surface area contributed by atoms with Gasteiger partial charge in [-0.2, -0.15) is 0 Å². The van der Waals surface area contributed by atoms with Crippen LogP contribution in [-0.2, 0) is 6.54 Å². The molecule has 1 aliphatic heterocycles. The van der Waals surface area contributed by atoms with E-state index in [1.165, 1.54) is 10.3 Å². The van der Waals surface area contributed by atoms with Crippen LogP contribution in [0.15, 0.2) is 18.2 Å². The molecule has 1 N–H and O–H groups in total. The second kappa shape index (κ2) is 5.19. The number of nitrogens with one attached hydrogen (secondary N) is 1. The van der Waals surface area contributed by atoms with Crippen LogP contribution >= 0.6 is 11.3 Å². The highest BCUT2D eigenvalue weighted by atomic mass is 32.1. The first-order valence-electron chi connectivity index (χ1n) is 6.97. The molecule has 1 fully saturated rings. The standard InChI is InChI=1S/C15H21N3S/c1-10-11(2)18(7-6-16-10)9-13-4-5-14-15(8-13)19-12(3)17-14/h4-5,8,10-11,16H,6-7,9H2,1-3H3. The predicted octanol–water partition coefficient (Wildman–Crippen LogP) is 2.79. The summed E-state index contributed by atoms with van der Waals surface area (Å²) in [5.74, 6) is 0. The van der Waals surface area contributed by atoms with Crippen LogP contribution in [0.5, 0.6) is 0 Å². The number of hydrogen-bond donors (Lipinski definition) is 1. The Kier molecular flexibility index (Phi) is 3.56. The molecule has 1 aliphatic rings. The Hall–Kier alpha value is -0.970. The minimum absolute atomic E-state index is 0.572. The van der Waals surface area contributed by atoms with Gasteiger partial charge in [-0.15, -0.1) is 11.3 Å². The summed E-state index contributed by atoms with van der Waals surface area (Å²) in [6.07, 6.45) is 0. The fourth-order valence-electron chi connectivity index (χ4n) is 2.77. The summed E-state index contributed by atoms with van der Waals surface area (Å²) in [6, 6.07) is 7.85. The molecular weight excluding hydrogens is 254 g/mol. The summed E-state index contributed by atoms with van der Waals surface area (Å²) in [5.41, 5.74) is 2.53. The zero-order chi connectivity index (χ0) is 13.4. The molecule has 3 rings (SSSR count). The largest absolute Gasteiger partial charge is 0.311 e. The second-order valence-corrected chi connectivity index (χ2v) is 6.72. The van der Waals surface area contributed by atoms with Crippen LogP contribution in [0, 0.1) is 6.92 Å². The lowest BCUT2D eigenvalue weighted by molar-refractivity contribution is 0.131. The fraction of sp³-hybridized carbons (Fsp3) is 0.533. The number of fused-ring (bicyclic) bond motifs is 1. The maximum Gasteiger partial charge on any atom is 0.0907 e. The van der Waals surface area contributed by atoms with Crippen molar-refractivity contribution in [1.82, 2.24) is 15.2 Å². The fourth-order valence-corrected chi connectivity index (χ4v) is 3.66. The average Bonchev–Trinajstić information content (AvgIpc) is 2.74. The molecule has 0 spiro atoms. The van der Waals surface area contributed by atoms with Crippen LogP contribution in [0.1, 0.15) is 24.4 Å². The highest BCUT2D eigenvalue weighted by Crippen LogP contribution is 2.24. The van der Waals surface area contributed by atoms with Gasteiger partial charge < -0.3 is 5.32 Å². The molecule has 0 radical (unpaired) electrons. The van der Waals surface area contributed by atoms with Crippen LogP contribution in [0.4, 0.5) is 0 Å². The van der Waals surface area contributed by atoms with Gasteiger partial charge in [0.2, 0.25) is 0 Å². The van der Waals surface area contributed by atoms with Gasteiger partial charge in [-0.3, -0.25) is 4.90 Å². The first-order valence-corrected chi connectivity index (χ1v) is 7.78. The van der Waals surface area contributed by atoms with Crippen molar-refractivity contribution >= 4 is 21.6 Å². The van der Waals surface area contributed by atoms with Crippen molar-refractivity contribution in [2.75, 3.05) is 13.1 Å². The van der Waals surface area contributed by atoms with Crippen LogP contribution in [0.3, 0.4) is 0 Å². The molecule has 2 atom stereocenters. The number of piperazine rings is 1. The molecule has 2 aromatic rings. The Bertz CT molecular complexity index is 578.